The molecule has 0 aliphatic heterocycles. The van der Waals surface area contributed by atoms with E-state index in [0.717, 1.165) is 44.3 Å². The second-order valence-corrected chi connectivity index (χ2v) is 10.6. The van der Waals surface area contributed by atoms with Crippen LogP contribution in [0.3, 0.4) is 0 Å². The van der Waals surface area contributed by atoms with Gasteiger partial charge in [-0.2, -0.15) is 0 Å². The van der Waals surface area contributed by atoms with E-state index in [0.29, 0.717) is 11.7 Å². The van der Waals surface area contributed by atoms with Gasteiger partial charge in [-0.1, -0.05) is 52.3 Å². The lowest BCUT2D eigenvalue weighted by molar-refractivity contribution is 0.106. The van der Waals surface area contributed by atoms with E-state index in [-0.39, 0.29) is 16.1 Å². The molecule has 0 bridgehead atoms. The number of carbonyl (C=O) groups is 1. The average Bonchev–Trinajstić information content (AvgIpc) is 2.63. The quantitative estimate of drug-likeness (QED) is 0.353. The number of thiocarbonyl (C=S) groups is 1. The number of unbranched alkanes of at least 4 members (excludes halogenated alkanes) is 1. The number of benzene rings is 1. The summed E-state index contributed by atoms with van der Waals surface area (Å²) in [7, 11) is 0. The zero-order chi connectivity index (χ0) is 21.5. The van der Waals surface area contributed by atoms with Crippen LogP contribution in [0, 0.1) is 10.8 Å². The average molecular weight is 439 g/mol. The lowest BCUT2D eigenvalue weighted by Gasteiger charge is -2.46. The SMILES string of the molecule is CCCCc1ccccc1OC(=S)NCC1(C)CC(SNC(=O)O)CC(C)(C)C1. The van der Waals surface area contributed by atoms with Crippen LogP contribution in [0.25, 0.3) is 0 Å². The number of hydrogen-bond acceptors (Lipinski definition) is 4. The second kappa shape index (κ2) is 10.5. The molecule has 2 unspecified atom stereocenters. The fourth-order valence-electron chi connectivity index (χ4n) is 4.49. The molecule has 162 valence electrons. The molecule has 1 aromatic rings. The predicted octanol–water partition coefficient (Wildman–Crippen LogP) is 5.78. The molecular formula is C22H34N2O3S2. The van der Waals surface area contributed by atoms with Crippen molar-refractivity contribution in [2.75, 3.05) is 6.54 Å². The van der Waals surface area contributed by atoms with Gasteiger partial charge in [0.15, 0.2) is 0 Å². The summed E-state index contributed by atoms with van der Waals surface area (Å²) in [6, 6.07) is 8.06. The van der Waals surface area contributed by atoms with Crippen molar-refractivity contribution in [3.63, 3.8) is 0 Å². The molecule has 1 fully saturated rings. The Hall–Kier alpha value is -1.47. The summed E-state index contributed by atoms with van der Waals surface area (Å²) in [6.45, 7) is 9.62. The summed E-state index contributed by atoms with van der Waals surface area (Å²) in [5.74, 6) is 0.826. The minimum Gasteiger partial charge on any atom is -0.464 e. The molecule has 29 heavy (non-hydrogen) atoms. The van der Waals surface area contributed by atoms with Crippen LogP contribution in [0.5, 0.6) is 5.75 Å². The van der Waals surface area contributed by atoms with E-state index in [1.165, 1.54) is 17.5 Å². The number of carboxylic acid groups (broad SMARTS) is 1. The van der Waals surface area contributed by atoms with E-state index in [9.17, 15) is 4.79 Å². The Labute approximate surface area is 184 Å². The van der Waals surface area contributed by atoms with Gasteiger partial charge in [-0.15, -0.1) is 0 Å². The Morgan fingerprint density at radius 2 is 2.03 bits per heavy atom. The van der Waals surface area contributed by atoms with E-state index in [4.69, 9.17) is 22.1 Å². The Morgan fingerprint density at radius 3 is 2.72 bits per heavy atom. The number of ether oxygens (including phenoxy) is 1. The van der Waals surface area contributed by atoms with E-state index in [2.05, 4.69) is 43.8 Å². The normalized spacial score (nSPS) is 23.2. The van der Waals surface area contributed by atoms with E-state index < -0.39 is 6.09 Å². The highest BCUT2D eigenvalue weighted by Crippen LogP contribution is 2.48. The number of para-hydroxylation sites is 1. The van der Waals surface area contributed by atoms with Crippen molar-refractivity contribution in [1.82, 2.24) is 10.0 Å². The van der Waals surface area contributed by atoms with Crippen molar-refractivity contribution in [2.45, 2.75) is 71.5 Å². The summed E-state index contributed by atoms with van der Waals surface area (Å²) in [6.07, 6.45) is 5.21. The van der Waals surface area contributed by atoms with Gasteiger partial charge in [-0.25, -0.2) is 4.79 Å². The topological polar surface area (TPSA) is 70.6 Å². The Balaban J connectivity index is 1.95. The molecule has 0 saturated heterocycles. The van der Waals surface area contributed by atoms with Crippen molar-refractivity contribution in [3.8, 4) is 5.75 Å². The third-order valence-corrected chi connectivity index (χ3v) is 6.54. The molecule has 0 spiro atoms. The first kappa shape index (κ1) is 23.8. The van der Waals surface area contributed by atoms with Gasteiger partial charge in [0.05, 0.1) is 0 Å². The lowest BCUT2D eigenvalue weighted by Crippen LogP contribution is -2.45. The fourth-order valence-corrected chi connectivity index (χ4v) is 5.94. The van der Waals surface area contributed by atoms with Gasteiger partial charge in [-0.3, -0.25) is 4.72 Å². The highest BCUT2D eigenvalue weighted by molar-refractivity contribution is 7.98. The molecule has 1 aliphatic rings. The fraction of sp³-hybridized carbons (Fsp3) is 0.636. The first-order valence-electron chi connectivity index (χ1n) is 10.3. The van der Waals surface area contributed by atoms with Crippen LogP contribution in [-0.2, 0) is 6.42 Å². The van der Waals surface area contributed by atoms with Crippen LogP contribution in [0.4, 0.5) is 4.79 Å². The number of nitrogens with one attached hydrogen (secondary N) is 2. The van der Waals surface area contributed by atoms with Gasteiger partial charge in [0.1, 0.15) is 5.75 Å². The minimum absolute atomic E-state index is 0.00868. The molecule has 7 heteroatoms. The van der Waals surface area contributed by atoms with E-state index >= 15 is 0 Å². The smallest absolute Gasteiger partial charge is 0.414 e. The third kappa shape index (κ3) is 8.05. The highest BCUT2D eigenvalue weighted by atomic mass is 32.2. The molecule has 1 aromatic carbocycles. The van der Waals surface area contributed by atoms with E-state index in [1.807, 2.05) is 18.2 Å². The van der Waals surface area contributed by atoms with Crippen molar-refractivity contribution >= 4 is 35.4 Å². The van der Waals surface area contributed by atoms with Crippen LogP contribution in [0.1, 0.15) is 65.4 Å². The largest absolute Gasteiger partial charge is 0.464 e. The van der Waals surface area contributed by atoms with Gasteiger partial charge < -0.3 is 15.2 Å². The van der Waals surface area contributed by atoms with E-state index in [1.54, 1.807) is 0 Å². The zero-order valence-electron chi connectivity index (χ0n) is 17.9. The monoisotopic (exact) mass is 438 g/mol. The molecular weight excluding hydrogens is 404 g/mol. The molecule has 0 aromatic heterocycles. The summed E-state index contributed by atoms with van der Waals surface area (Å²) in [5, 5.41) is 12.9. The summed E-state index contributed by atoms with van der Waals surface area (Å²) in [5.41, 5.74) is 1.33. The van der Waals surface area contributed by atoms with Crippen LogP contribution in [-0.4, -0.2) is 28.2 Å². The maximum Gasteiger partial charge on any atom is 0.414 e. The van der Waals surface area contributed by atoms with Gasteiger partial charge in [0.25, 0.3) is 5.17 Å². The highest BCUT2D eigenvalue weighted by Gasteiger charge is 2.41. The first-order chi connectivity index (χ1) is 13.6. The summed E-state index contributed by atoms with van der Waals surface area (Å²) >= 11 is 6.78. The van der Waals surface area contributed by atoms with Crippen molar-refractivity contribution in [2.24, 2.45) is 10.8 Å². The zero-order valence-corrected chi connectivity index (χ0v) is 19.5. The van der Waals surface area contributed by atoms with Gasteiger partial charge in [-0.05, 0) is 78.7 Å². The maximum atomic E-state index is 10.9. The minimum atomic E-state index is -0.991. The maximum absolute atomic E-state index is 10.9. The standard InChI is InChI=1S/C22H34N2O3S2/c1-5-6-9-16-10-7-8-11-18(16)27-20(28)23-15-22(4)13-17(29-24-19(25)26)12-21(2,3)14-22/h7-8,10-11,17,24H,5-6,9,12-15H2,1-4H3,(H,23,28)(H,25,26). The van der Waals surface area contributed by atoms with Crippen molar-refractivity contribution in [1.29, 1.82) is 0 Å². The van der Waals surface area contributed by atoms with Crippen LogP contribution in [0.15, 0.2) is 24.3 Å². The summed E-state index contributed by atoms with van der Waals surface area (Å²) in [4.78, 5) is 10.9. The molecule has 1 aliphatic carbocycles. The van der Waals surface area contributed by atoms with Crippen LogP contribution < -0.4 is 14.8 Å². The molecule has 3 N–H and O–H groups in total. The molecule has 1 saturated carbocycles. The molecule has 1 amide bonds. The Morgan fingerprint density at radius 1 is 1.31 bits per heavy atom. The third-order valence-electron chi connectivity index (χ3n) is 5.35. The molecule has 2 atom stereocenters. The number of rotatable bonds is 8. The number of aryl methyl sites for hydroxylation is 1. The van der Waals surface area contributed by atoms with Gasteiger partial charge in [0.2, 0.25) is 0 Å². The first-order valence-corrected chi connectivity index (χ1v) is 11.6. The molecule has 0 radical (unpaired) electrons. The lowest BCUT2D eigenvalue weighted by atomic mass is 9.64. The van der Waals surface area contributed by atoms with Crippen LogP contribution >= 0.6 is 24.2 Å². The van der Waals surface area contributed by atoms with Gasteiger partial charge >= 0.3 is 6.09 Å². The van der Waals surface area contributed by atoms with Crippen molar-refractivity contribution in [3.05, 3.63) is 29.8 Å². The number of hydrogen-bond donors (Lipinski definition) is 3. The molecule has 2 rings (SSSR count). The van der Waals surface area contributed by atoms with Crippen molar-refractivity contribution < 1.29 is 14.6 Å². The molecule has 5 nitrogen and oxygen atoms in total. The predicted molar refractivity (Wildman–Crippen MR) is 125 cm³/mol. The second-order valence-electron chi connectivity index (χ2n) is 9.16. The number of amides is 1. The van der Waals surface area contributed by atoms with Crippen LogP contribution in [0.2, 0.25) is 0 Å². The Bertz CT molecular complexity index is 711. The summed E-state index contributed by atoms with van der Waals surface area (Å²) < 4.78 is 8.44. The molecule has 0 heterocycles. The Kier molecular flexibility index (Phi) is 8.64. The van der Waals surface area contributed by atoms with Gasteiger partial charge in [0, 0.05) is 11.8 Å².